The van der Waals surface area contributed by atoms with Crippen molar-refractivity contribution in [3.05, 3.63) is 34.9 Å². The monoisotopic (exact) mass is 372 g/mol. The molecule has 0 bridgehead atoms. The third-order valence-electron chi connectivity index (χ3n) is 5.44. The minimum Gasteiger partial charge on any atom is -0.381 e. The molecule has 6 heteroatoms. The van der Waals surface area contributed by atoms with Crippen LogP contribution in [0, 0.1) is 5.92 Å². The highest BCUT2D eigenvalue weighted by molar-refractivity contribution is 6.30. The van der Waals surface area contributed by atoms with Gasteiger partial charge in [0.2, 0.25) is 5.91 Å². The number of benzene rings is 1. The van der Waals surface area contributed by atoms with Gasteiger partial charge in [0.15, 0.2) is 0 Å². The van der Waals surface area contributed by atoms with Crippen LogP contribution in [0.1, 0.15) is 37.7 Å². The zero-order valence-electron chi connectivity index (χ0n) is 13.8. The zero-order valence-corrected chi connectivity index (χ0v) is 15.4. The molecule has 1 aliphatic carbocycles. The van der Waals surface area contributed by atoms with Gasteiger partial charge in [0.1, 0.15) is 0 Å². The van der Waals surface area contributed by atoms with Crippen LogP contribution in [0.15, 0.2) is 24.3 Å². The Labute approximate surface area is 154 Å². The summed E-state index contributed by atoms with van der Waals surface area (Å²) < 4.78 is 5.34. The van der Waals surface area contributed by atoms with Crippen molar-refractivity contribution in [3.8, 4) is 0 Å². The van der Waals surface area contributed by atoms with Crippen LogP contribution in [0.4, 0.5) is 0 Å². The average molecular weight is 373 g/mol. The summed E-state index contributed by atoms with van der Waals surface area (Å²) in [5.74, 6) is 0.203. The van der Waals surface area contributed by atoms with Crippen LogP contribution in [0.5, 0.6) is 0 Å². The first-order valence-corrected chi connectivity index (χ1v) is 8.86. The van der Waals surface area contributed by atoms with Crippen molar-refractivity contribution < 1.29 is 9.53 Å². The number of amides is 1. The maximum Gasteiger partial charge on any atom is 0.237 e. The molecule has 1 saturated carbocycles. The fraction of sp³-hybridized carbons (Fsp3) is 0.611. The topological polar surface area (TPSA) is 64.4 Å². The summed E-state index contributed by atoms with van der Waals surface area (Å²) in [6.45, 7) is 2.07. The summed E-state index contributed by atoms with van der Waals surface area (Å²) in [6, 6.07) is 7.57. The van der Waals surface area contributed by atoms with Crippen LogP contribution in [-0.4, -0.2) is 31.7 Å². The van der Waals surface area contributed by atoms with Gasteiger partial charge in [0, 0.05) is 30.2 Å². The highest BCUT2D eigenvalue weighted by Crippen LogP contribution is 2.43. The molecular formula is C18H26Cl2N2O2. The molecule has 2 fully saturated rings. The van der Waals surface area contributed by atoms with Crippen LogP contribution >= 0.6 is 24.0 Å². The van der Waals surface area contributed by atoms with E-state index in [1.807, 2.05) is 12.1 Å². The van der Waals surface area contributed by atoms with E-state index >= 15 is 0 Å². The van der Waals surface area contributed by atoms with Gasteiger partial charge >= 0.3 is 0 Å². The number of hydrogen-bond acceptors (Lipinski definition) is 3. The highest BCUT2D eigenvalue weighted by atomic mass is 35.5. The number of nitrogens with two attached hydrogens (primary N) is 1. The molecule has 1 saturated heterocycles. The van der Waals surface area contributed by atoms with Crippen molar-refractivity contribution in [1.82, 2.24) is 5.32 Å². The summed E-state index contributed by atoms with van der Waals surface area (Å²) in [5.41, 5.74) is 7.46. The molecule has 24 heavy (non-hydrogen) atoms. The first kappa shape index (κ1) is 19.5. The first-order chi connectivity index (χ1) is 11.1. The van der Waals surface area contributed by atoms with Crippen molar-refractivity contribution in [2.75, 3.05) is 19.8 Å². The number of hydrogen-bond donors (Lipinski definition) is 2. The fourth-order valence-corrected chi connectivity index (χ4v) is 3.76. The smallest absolute Gasteiger partial charge is 0.237 e. The Morgan fingerprint density at radius 3 is 2.46 bits per heavy atom. The van der Waals surface area contributed by atoms with Crippen LogP contribution in [-0.2, 0) is 14.9 Å². The summed E-state index contributed by atoms with van der Waals surface area (Å²) in [5, 5.41) is 3.84. The third-order valence-corrected chi connectivity index (χ3v) is 5.70. The predicted octanol–water partition coefficient (Wildman–Crippen LogP) is 3.05. The van der Waals surface area contributed by atoms with E-state index in [9.17, 15) is 4.79 Å². The molecule has 3 N–H and O–H groups in total. The molecule has 1 aromatic rings. The normalized spacial score (nSPS) is 21.2. The number of carbonyl (C=O) groups excluding carboxylic acids is 1. The Morgan fingerprint density at radius 2 is 1.92 bits per heavy atom. The van der Waals surface area contributed by atoms with Gasteiger partial charge in [-0.2, -0.15) is 0 Å². The largest absolute Gasteiger partial charge is 0.381 e. The molecule has 1 aliphatic heterocycles. The molecule has 0 aromatic heterocycles. The molecule has 1 amide bonds. The van der Waals surface area contributed by atoms with Gasteiger partial charge in [-0.1, -0.05) is 30.2 Å². The number of ether oxygens (including phenoxy) is 1. The van der Waals surface area contributed by atoms with Crippen LogP contribution in [0.25, 0.3) is 0 Å². The van der Waals surface area contributed by atoms with E-state index in [0.717, 1.165) is 30.7 Å². The lowest BCUT2D eigenvalue weighted by Crippen LogP contribution is -2.52. The molecule has 2 aliphatic rings. The van der Waals surface area contributed by atoms with Crippen molar-refractivity contribution in [3.63, 3.8) is 0 Å². The van der Waals surface area contributed by atoms with E-state index in [4.69, 9.17) is 22.1 Å². The molecular weight excluding hydrogens is 347 g/mol. The van der Waals surface area contributed by atoms with Gasteiger partial charge in [0.25, 0.3) is 0 Å². The number of halogens is 2. The SMILES string of the molecule is Cl.NC(C(=O)NCC1(c2ccc(Cl)cc2)CCC1)C1CCOCC1. The number of carbonyl (C=O) groups is 1. The summed E-state index contributed by atoms with van der Waals surface area (Å²) >= 11 is 5.98. The van der Waals surface area contributed by atoms with Gasteiger partial charge in [-0.3, -0.25) is 4.79 Å². The molecule has 134 valence electrons. The molecule has 3 rings (SSSR count). The van der Waals surface area contributed by atoms with E-state index in [-0.39, 0.29) is 29.6 Å². The van der Waals surface area contributed by atoms with Gasteiger partial charge in [0.05, 0.1) is 6.04 Å². The van der Waals surface area contributed by atoms with Crippen molar-refractivity contribution >= 4 is 29.9 Å². The van der Waals surface area contributed by atoms with Gasteiger partial charge < -0.3 is 15.8 Å². The lowest BCUT2D eigenvalue weighted by atomic mass is 9.64. The lowest BCUT2D eigenvalue weighted by molar-refractivity contribution is -0.124. The van der Waals surface area contributed by atoms with E-state index < -0.39 is 6.04 Å². The Morgan fingerprint density at radius 1 is 1.29 bits per heavy atom. The van der Waals surface area contributed by atoms with E-state index in [0.29, 0.717) is 19.8 Å². The van der Waals surface area contributed by atoms with Crippen molar-refractivity contribution in [2.45, 2.75) is 43.6 Å². The second-order valence-electron chi connectivity index (χ2n) is 6.83. The number of rotatable bonds is 5. The number of nitrogens with one attached hydrogen (secondary N) is 1. The minimum absolute atomic E-state index is 0. The molecule has 0 spiro atoms. The molecule has 1 atom stereocenters. The fourth-order valence-electron chi connectivity index (χ4n) is 3.64. The Hall–Kier alpha value is -0.810. The van der Waals surface area contributed by atoms with Crippen LogP contribution in [0.2, 0.25) is 5.02 Å². The van der Waals surface area contributed by atoms with Gasteiger partial charge in [-0.15, -0.1) is 12.4 Å². The maximum absolute atomic E-state index is 12.4. The second-order valence-corrected chi connectivity index (χ2v) is 7.27. The Kier molecular flexibility index (Phi) is 6.93. The highest BCUT2D eigenvalue weighted by Gasteiger charge is 2.39. The molecule has 1 unspecified atom stereocenters. The van der Waals surface area contributed by atoms with Crippen molar-refractivity contribution in [2.24, 2.45) is 11.7 Å². The maximum atomic E-state index is 12.4. The zero-order chi connectivity index (χ0) is 16.3. The Balaban J connectivity index is 0.00000208. The molecule has 4 nitrogen and oxygen atoms in total. The third kappa shape index (κ3) is 4.23. The van der Waals surface area contributed by atoms with Crippen LogP contribution < -0.4 is 11.1 Å². The van der Waals surface area contributed by atoms with E-state index in [1.54, 1.807) is 0 Å². The first-order valence-electron chi connectivity index (χ1n) is 8.48. The van der Waals surface area contributed by atoms with Crippen molar-refractivity contribution in [1.29, 1.82) is 0 Å². The summed E-state index contributed by atoms with van der Waals surface area (Å²) in [7, 11) is 0. The standard InChI is InChI=1S/C18H25ClN2O2.ClH/c19-15-4-2-14(3-5-15)18(8-1-9-18)12-21-17(22)16(20)13-6-10-23-11-7-13;/h2-5,13,16H,1,6-12,20H2,(H,21,22);1H. The predicted molar refractivity (Wildman–Crippen MR) is 98.8 cm³/mol. The lowest BCUT2D eigenvalue weighted by Gasteiger charge is -2.43. The second kappa shape index (κ2) is 8.52. The van der Waals surface area contributed by atoms with E-state index in [1.165, 1.54) is 12.0 Å². The molecule has 1 heterocycles. The minimum atomic E-state index is -0.429. The molecule has 0 radical (unpaired) electrons. The van der Waals surface area contributed by atoms with Gasteiger partial charge in [-0.25, -0.2) is 0 Å². The van der Waals surface area contributed by atoms with Gasteiger partial charge in [-0.05, 0) is 49.3 Å². The molecule has 1 aromatic carbocycles. The summed E-state index contributed by atoms with van der Waals surface area (Å²) in [6.07, 6.45) is 5.14. The quantitative estimate of drug-likeness (QED) is 0.834. The average Bonchev–Trinajstić information content (AvgIpc) is 2.55. The Bertz CT molecular complexity index is 540. The van der Waals surface area contributed by atoms with Crippen LogP contribution in [0.3, 0.4) is 0 Å². The summed E-state index contributed by atoms with van der Waals surface area (Å²) in [4.78, 5) is 12.4. The van der Waals surface area contributed by atoms with E-state index in [2.05, 4.69) is 17.4 Å².